The van der Waals surface area contributed by atoms with Gasteiger partial charge in [0, 0.05) is 45.2 Å². The van der Waals surface area contributed by atoms with Crippen molar-refractivity contribution in [2.45, 2.75) is 103 Å². The summed E-state index contributed by atoms with van der Waals surface area (Å²) < 4.78 is 5.80. The minimum absolute atomic E-state index is 0.0523. The van der Waals surface area contributed by atoms with Crippen molar-refractivity contribution in [3.63, 3.8) is 0 Å². The molecule has 12 nitrogen and oxygen atoms in total. The molecule has 0 radical (unpaired) electrons. The molecule has 7 atom stereocenters. The Hall–Kier alpha value is -2.28. The second-order valence-electron chi connectivity index (χ2n) is 14.3. The third kappa shape index (κ3) is 7.13. The molecule has 6 bridgehead atoms. The zero-order valence-electron chi connectivity index (χ0n) is 24.7. The normalized spacial score (nSPS) is 34.6. The first kappa shape index (κ1) is 30.7. The van der Waals surface area contributed by atoms with Crippen molar-refractivity contribution in [3.05, 3.63) is 0 Å². The maximum Gasteiger partial charge on any atom is 0.244 e. The summed E-state index contributed by atoms with van der Waals surface area (Å²) in [5, 5.41) is 26.9. The van der Waals surface area contributed by atoms with Crippen LogP contribution in [0.1, 0.15) is 60.8 Å². The molecule has 4 N–H and O–H groups in total. The lowest BCUT2D eigenvalue weighted by molar-refractivity contribution is -0.151. The summed E-state index contributed by atoms with van der Waals surface area (Å²) in [6.07, 6.45) is -3.89. The number of carbonyl (C=O) groups is 4. The number of hydrogen-bond donors (Lipinski definition) is 4. The molecule has 0 aromatic heterocycles. The van der Waals surface area contributed by atoms with Crippen molar-refractivity contribution < 1.29 is 34.1 Å². The monoisotopic (exact) mass is 565 g/mol. The minimum atomic E-state index is -1.28. The third-order valence-corrected chi connectivity index (χ3v) is 8.05. The van der Waals surface area contributed by atoms with Crippen molar-refractivity contribution in [1.82, 2.24) is 25.3 Å². The molecule has 0 aliphatic carbocycles. The zero-order valence-corrected chi connectivity index (χ0v) is 24.7. The van der Waals surface area contributed by atoms with Gasteiger partial charge in [-0.3, -0.25) is 24.1 Å². The number of amides is 4. The number of aliphatic hydroxyl groups excluding tert-OH is 2. The second-order valence-corrected chi connectivity index (χ2v) is 14.3. The van der Waals surface area contributed by atoms with Gasteiger partial charge in [0.1, 0.15) is 24.4 Å². The molecule has 0 aromatic carbocycles. The average Bonchev–Trinajstić information content (AvgIpc) is 3.33. The molecule has 4 rings (SSSR count). The Kier molecular flexibility index (Phi) is 8.85. The van der Waals surface area contributed by atoms with Crippen molar-refractivity contribution in [2.24, 2.45) is 10.8 Å². The number of carbonyl (C=O) groups excluding carboxylic acids is 4. The van der Waals surface area contributed by atoms with Crippen LogP contribution >= 0.6 is 0 Å². The molecule has 4 amide bonds. The Morgan fingerprint density at radius 3 is 2.27 bits per heavy atom. The number of likely N-dealkylation sites (tertiary alicyclic amines) is 1. The smallest absolute Gasteiger partial charge is 0.244 e. The van der Waals surface area contributed by atoms with Gasteiger partial charge in [-0.2, -0.15) is 0 Å². The lowest BCUT2D eigenvalue weighted by Gasteiger charge is -2.43. The summed E-state index contributed by atoms with van der Waals surface area (Å²) >= 11 is 0. The largest absolute Gasteiger partial charge is 0.388 e. The Labute approximate surface area is 236 Å². The molecular formula is C28H47N5O7. The highest BCUT2D eigenvalue weighted by Gasteiger charge is 2.47. The first-order chi connectivity index (χ1) is 18.5. The average molecular weight is 566 g/mol. The van der Waals surface area contributed by atoms with Crippen molar-refractivity contribution >= 4 is 23.6 Å². The van der Waals surface area contributed by atoms with E-state index in [-0.39, 0.29) is 67.1 Å². The van der Waals surface area contributed by atoms with Gasteiger partial charge in [-0.25, -0.2) is 0 Å². The van der Waals surface area contributed by atoms with E-state index < -0.39 is 42.4 Å². The molecule has 0 unspecified atom stereocenters. The van der Waals surface area contributed by atoms with Crippen LogP contribution in [-0.2, 0) is 23.9 Å². The van der Waals surface area contributed by atoms with Gasteiger partial charge in [0.05, 0.1) is 25.1 Å². The van der Waals surface area contributed by atoms with Gasteiger partial charge in [-0.1, -0.05) is 41.5 Å². The molecule has 12 heteroatoms. The topological polar surface area (TPSA) is 152 Å². The number of nitrogens with one attached hydrogen (secondary N) is 2. The Morgan fingerprint density at radius 2 is 1.62 bits per heavy atom. The van der Waals surface area contributed by atoms with Gasteiger partial charge in [0.15, 0.2) is 0 Å². The SMILES string of the molecule is CC(C)(C)CC(=O)N1CCN2C[C@H]1C(=O)NC[C@H]1O[C@@H](CC(=O)N[C@H]3C[C@@H](C2=O)N(CC(C)(C)C)C3)[C@H](O)[C@@H]1O. The number of nitrogens with zero attached hydrogens (tertiary/aromatic N) is 3. The van der Waals surface area contributed by atoms with Crippen LogP contribution < -0.4 is 10.6 Å². The van der Waals surface area contributed by atoms with Gasteiger partial charge in [-0.15, -0.1) is 0 Å². The Balaban J connectivity index is 1.63. The molecule has 4 saturated heterocycles. The minimum Gasteiger partial charge on any atom is -0.388 e. The molecule has 0 aromatic rings. The number of fused-ring (bicyclic) bond motifs is 6. The summed E-state index contributed by atoms with van der Waals surface area (Å²) in [6.45, 7) is 13.8. The summed E-state index contributed by atoms with van der Waals surface area (Å²) in [5.41, 5.74) is -0.369. The fourth-order valence-corrected chi connectivity index (χ4v) is 6.27. The van der Waals surface area contributed by atoms with E-state index in [9.17, 15) is 29.4 Å². The van der Waals surface area contributed by atoms with Crippen LogP contribution in [0.15, 0.2) is 0 Å². The molecule has 0 spiro atoms. The molecule has 226 valence electrons. The van der Waals surface area contributed by atoms with E-state index in [1.807, 2.05) is 20.8 Å². The second kappa shape index (κ2) is 11.5. The van der Waals surface area contributed by atoms with E-state index in [0.717, 1.165) is 0 Å². The molecule has 40 heavy (non-hydrogen) atoms. The van der Waals surface area contributed by atoms with Crippen LogP contribution in [-0.4, -0.2) is 130 Å². The quantitative estimate of drug-likeness (QED) is 0.336. The Morgan fingerprint density at radius 1 is 0.950 bits per heavy atom. The van der Waals surface area contributed by atoms with E-state index in [1.54, 1.807) is 9.80 Å². The molecule has 4 aliphatic rings. The predicted molar refractivity (Wildman–Crippen MR) is 146 cm³/mol. The highest BCUT2D eigenvalue weighted by Crippen LogP contribution is 2.29. The predicted octanol–water partition coefficient (Wildman–Crippen LogP) is -0.924. The molecule has 4 aliphatic heterocycles. The molecule has 0 saturated carbocycles. The van der Waals surface area contributed by atoms with E-state index in [0.29, 0.717) is 26.1 Å². The van der Waals surface area contributed by atoms with Crippen LogP contribution in [0.5, 0.6) is 0 Å². The lowest BCUT2D eigenvalue weighted by Crippen LogP contribution is -2.63. The van der Waals surface area contributed by atoms with E-state index in [2.05, 4.69) is 36.3 Å². The van der Waals surface area contributed by atoms with Crippen LogP contribution in [0, 0.1) is 10.8 Å². The maximum atomic E-state index is 13.9. The van der Waals surface area contributed by atoms with Crippen molar-refractivity contribution in [3.8, 4) is 0 Å². The molecular weight excluding hydrogens is 518 g/mol. The molecule has 4 fully saturated rings. The fraction of sp³-hybridized carbons (Fsp3) is 0.857. The Bertz CT molecular complexity index is 993. The van der Waals surface area contributed by atoms with Crippen LogP contribution in [0.3, 0.4) is 0 Å². The van der Waals surface area contributed by atoms with Crippen molar-refractivity contribution in [1.29, 1.82) is 0 Å². The fourth-order valence-electron chi connectivity index (χ4n) is 6.27. The van der Waals surface area contributed by atoms with Gasteiger partial charge < -0.3 is 35.4 Å². The number of piperazine rings is 1. The first-order valence-corrected chi connectivity index (χ1v) is 14.4. The van der Waals surface area contributed by atoms with Crippen LogP contribution in [0.4, 0.5) is 0 Å². The standard InChI is InChI=1S/C28H47N5O7/c1-27(2,3)11-22(35)33-8-7-31-14-18(33)25(38)29-12-20-24(37)23(36)19(40-20)10-21(34)30-16-9-17(26(31)39)32(13-16)15-28(4,5)6/h16-20,23-24,36-37H,7-15H2,1-6H3,(H,29,38)(H,30,34)/t16-,17-,18-,19-,20+,23-,24+/m0/s1. The third-order valence-electron chi connectivity index (χ3n) is 8.05. The number of ether oxygens (including phenoxy) is 1. The highest BCUT2D eigenvalue weighted by atomic mass is 16.5. The lowest BCUT2D eigenvalue weighted by atomic mass is 9.91. The number of aliphatic hydroxyl groups is 2. The van der Waals surface area contributed by atoms with Gasteiger partial charge in [0.2, 0.25) is 23.6 Å². The number of rotatable bonds is 2. The molecule has 4 heterocycles. The van der Waals surface area contributed by atoms with Gasteiger partial charge in [0.25, 0.3) is 0 Å². The maximum absolute atomic E-state index is 13.9. The van der Waals surface area contributed by atoms with E-state index >= 15 is 0 Å². The van der Waals surface area contributed by atoms with Crippen LogP contribution in [0.25, 0.3) is 0 Å². The highest BCUT2D eigenvalue weighted by molar-refractivity contribution is 5.90. The summed E-state index contributed by atoms with van der Waals surface area (Å²) in [4.78, 5) is 59.0. The van der Waals surface area contributed by atoms with E-state index in [4.69, 9.17) is 4.74 Å². The first-order valence-electron chi connectivity index (χ1n) is 14.4. The number of hydrogen-bond acceptors (Lipinski definition) is 8. The summed E-state index contributed by atoms with van der Waals surface area (Å²) in [7, 11) is 0. The zero-order chi connectivity index (χ0) is 29.6. The summed E-state index contributed by atoms with van der Waals surface area (Å²) in [6, 6.07) is -1.64. The van der Waals surface area contributed by atoms with Crippen molar-refractivity contribution in [2.75, 3.05) is 39.3 Å². The summed E-state index contributed by atoms with van der Waals surface area (Å²) in [5.74, 6) is -1.04. The van der Waals surface area contributed by atoms with E-state index in [1.165, 1.54) is 0 Å². The van der Waals surface area contributed by atoms with Crippen LogP contribution in [0.2, 0.25) is 0 Å². The van der Waals surface area contributed by atoms with Gasteiger partial charge in [-0.05, 0) is 17.3 Å². The van der Waals surface area contributed by atoms with Gasteiger partial charge >= 0.3 is 0 Å².